The fourth-order valence-corrected chi connectivity index (χ4v) is 1.74. The minimum Gasteiger partial charge on any atom is -0.460 e. The van der Waals surface area contributed by atoms with Crippen LogP contribution in [0.15, 0.2) is 24.3 Å². The van der Waals surface area contributed by atoms with Crippen molar-refractivity contribution in [3.8, 4) is 0 Å². The van der Waals surface area contributed by atoms with Crippen molar-refractivity contribution in [3.63, 3.8) is 0 Å². The molecule has 0 aromatic heterocycles. The number of carbonyl (C=O) groups excluding carboxylic acids is 1. The fraction of sp³-hybridized carbons (Fsp3) is 0.462. The maximum Gasteiger partial charge on any atom is 0.316 e. The van der Waals surface area contributed by atoms with E-state index in [1.807, 2.05) is 20.8 Å². The zero-order valence-electron chi connectivity index (χ0n) is 10.3. The van der Waals surface area contributed by atoms with E-state index in [9.17, 15) is 9.18 Å². The lowest BCUT2D eigenvalue weighted by Gasteiger charge is -2.16. The van der Waals surface area contributed by atoms with Crippen LogP contribution in [0.2, 0.25) is 0 Å². The normalized spacial score (nSPS) is 11.3. The second-order valence-electron chi connectivity index (χ2n) is 4.69. The highest BCUT2D eigenvalue weighted by molar-refractivity contribution is 8.01. The summed E-state index contributed by atoms with van der Waals surface area (Å²) in [5, 5.41) is 0. The van der Waals surface area contributed by atoms with E-state index < -0.39 is 0 Å². The van der Waals surface area contributed by atoms with Crippen molar-refractivity contribution in [2.75, 3.05) is 5.75 Å². The molecule has 0 spiro atoms. The van der Waals surface area contributed by atoms with Crippen molar-refractivity contribution in [2.45, 2.75) is 32.1 Å². The zero-order chi connectivity index (χ0) is 12.9. The number of halogens is 1. The molecular formula is C13H17FO2S. The predicted molar refractivity (Wildman–Crippen MR) is 68.4 cm³/mol. The molecule has 0 unspecified atom stereocenters. The van der Waals surface area contributed by atoms with Crippen LogP contribution in [-0.2, 0) is 16.1 Å². The van der Waals surface area contributed by atoms with E-state index in [-0.39, 0.29) is 23.1 Å². The van der Waals surface area contributed by atoms with Gasteiger partial charge in [0.2, 0.25) is 0 Å². The highest BCUT2D eigenvalue weighted by Crippen LogP contribution is 2.22. The average Bonchev–Trinajstić information content (AvgIpc) is 2.23. The van der Waals surface area contributed by atoms with Crippen molar-refractivity contribution in [1.29, 1.82) is 0 Å². The average molecular weight is 256 g/mol. The Kier molecular flexibility index (Phi) is 5.00. The fourth-order valence-electron chi connectivity index (χ4n) is 1.11. The van der Waals surface area contributed by atoms with Crippen LogP contribution in [0, 0.1) is 5.82 Å². The molecular weight excluding hydrogens is 239 g/mol. The zero-order valence-corrected chi connectivity index (χ0v) is 11.1. The number of esters is 1. The van der Waals surface area contributed by atoms with Gasteiger partial charge < -0.3 is 4.74 Å². The molecule has 1 rings (SSSR count). The molecule has 0 atom stereocenters. The molecule has 4 heteroatoms. The summed E-state index contributed by atoms with van der Waals surface area (Å²) < 4.78 is 17.9. The summed E-state index contributed by atoms with van der Waals surface area (Å²) in [5.74, 6) is -0.268. The molecule has 17 heavy (non-hydrogen) atoms. The van der Waals surface area contributed by atoms with Gasteiger partial charge in [-0.25, -0.2) is 4.39 Å². The summed E-state index contributed by atoms with van der Waals surface area (Å²) >= 11 is 1.53. The van der Waals surface area contributed by atoms with E-state index in [0.717, 1.165) is 0 Å². The summed E-state index contributed by atoms with van der Waals surface area (Å²) in [4.78, 5) is 11.4. The number of carbonyl (C=O) groups is 1. The van der Waals surface area contributed by atoms with Gasteiger partial charge in [-0.2, -0.15) is 0 Å². The van der Waals surface area contributed by atoms with E-state index in [2.05, 4.69) is 0 Å². The highest BCUT2D eigenvalue weighted by Gasteiger charge is 2.14. The maximum atomic E-state index is 12.9. The molecule has 0 bridgehead atoms. The van der Waals surface area contributed by atoms with Crippen molar-refractivity contribution in [2.24, 2.45) is 0 Å². The standard InChI is InChI=1S/C13H17FO2S/c1-13(2,3)17-9-12(15)16-8-10-5-4-6-11(14)7-10/h4-7H,8-9H2,1-3H3. The van der Waals surface area contributed by atoms with Crippen LogP contribution in [-0.4, -0.2) is 16.5 Å². The van der Waals surface area contributed by atoms with Crippen LogP contribution in [0.4, 0.5) is 4.39 Å². The Morgan fingerprint density at radius 2 is 2.12 bits per heavy atom. The van der Waals surface area contributed by atoms with Gasteiger partial charge in [0.05, 0.1) is 5.75 Å². The van der Waals surface area contributed by atoms with Gasteiger partial charge in [0.1, 0.15) is 12.4 Å². The van der Waals surface area contributed by atoms with Gasteiger partial charge in [-0.15, -0.1) is 11.8 Å². The van der Waals surface area contributed by atoms with Crippen LogP contribution in [0.5, 0.6) is 0 Å². The Morgan fingerprint density at radius 1 is 1.41 bits per heavy atom. The Balaban J connectivity index is 2.33. The van der Waals surface area contributed by atoms with Crippen molar-refractivity contribution in [3.05, 3.63) is 35.6 Å². The molecule has 0 saturated carbocycles. The van der Waals surface area contributed by atoms with E-state index in [1.54, 1.807) is 12.1 Å². The summed E-state index contributed by atoms with van der Waals surface area (Å²) in [6, 6.07) is 6.06. The molecule has 0 amide bonds. The third kappa shape index (κ3) is 6.31. The van der Waals surface area contributed by atoms with Crippen molar-refractivity contribution >= 4 is 17.7 Å². The summed E-state index contributed by atoms with van der Waals surface area (Å²) in [7, 11) is 0. The Morgan fingerprint density at radius 3 is 2.71 bits per heavy atom. The molecule has 0 aliphatic rings. The lowest BCUT2D eigenvalue weighted by Crippen LogP contribution is -2.14. The molecule has 1 aromatic rings. The van der Waals surface area contributed by atoms with Gasteiger partial charge in [-0.3, -0.25) is 4.79 Å². The number of hydrogen-bond acceptors (Lipinski definition) is 3. The van der Waals surface area contributed by atoms with Crippen molar-refractivity contribution < 1.29 is 13.9 Å². The largest absolute Gasteiger partial charge is 0.460 e. The number of thioether (sulfide) groups is 1. The molecule has 0 heterocycles. The molecule has 1 aromatic carbocycles. The van der Waals surface area contributed by atoms with Crippen molar-refractivity contribution in [1.82, 2.24) is 0 Å². The summed E-state index contributed by atoms with van der Waals surface area (Å²) in [6.07, 6.45) is 0. The van der Waals surface area contributed by atoms with Gasteiger partial charge in [-0.05, 0) is 17.7 Å². The molecule has 2 nitrogen and oxygen atoms in total. The number of ether oxygens (including phenoxy) is 1. The van der Waals surface area contributed by atoms with Crippen LogP contribution in [0.25, 0.3) is 0 Å². The molecule has 94 valence electrons. The van der Waals surface area contributed by atoms with Gasteiger partial charge in [0.15, 0.2) is 0 Å². The smallest absolute Gasteiger partial charge is 0.316 e. The van der Waals surface area contributed by atoms with E-state index in [0.29, 0.717) is 11.3 Å². The Hall–Kier alpha value is -1.03. The monoisotopic (exact) mass is 256 g/mol. The van der Waals surface area contributed by atoms with Crippen LogP contribution < -0.4 is 0 Å². The predicted octanol–water partition coefficient (Wildman–Crippen LogP) is 3.40. The minimum absolute atomic E-state index is 0.0396. The number of hydrogen-bond donors (Lipinski definition) is 0. The molecule has 0 aliphatic heterocycles. The van der Waals surface area contributed by atoms with Gasteiger partial charge >= 0.3 is 5.97 Å². The van der Waals surface area contributed by atoms with Crippen LogP contribution >= 0.6 is 11.8 Å². The molecule has 0 fully saturated rings. The third-order valence-corrected chi connectivity index (χ3v) is 3.16. The minimum atomic E-state index is -0.317. The quantitative estimate of drug-likeness (QED) is 0.772. The van der Waals surface area contributed by atoms with Gasteiger partial charge in [0, 0.05) is 4.75 Å². The maximum absolute atomic E-state index is 12.9. The molecule has 0 saturated heterocycles. The van der Waals surface area contributed by atoms with E-state index in [4.69, 9.17) is 4.74 Å². The SMILES string of the molecule is CC(C)(C)SCC(=O)OCc1cccc(F)c1. The van der Waals surface area contributed by atoms with Crippen LogP contribution in [0.1, 0.15) is 26.3 Å². The van der Waals surface area contributed by atoms with E-state index >= 15 is 0 Å². The second-order valence-corrected chi connectivity index (χ2v) is 6.49. The van der Waals surface area contributed by atoms with Gasteiger partial charge in [0.25, 0.3) is 0 Å². The Labute approximate surface area is 106 Å². The number of rotatable bonds is 4. The lowest BCUT2D eigenvalue weighted by molar-refractivity contribution is -0.141. The first kappa shape index (κ1) is 14.0. The molecule has 0 aliphatic carbocycles. The lowest BCUT2D eigenvalue weighted by atomic mass is 10.2. The summed E-state index contributed by atoms with van der Waals surface area (Å²) in [5.41, 5.74) is 0.666. The molecule has 0 radical (unpaired) electrons. The first-order valence-corrected chi connectivity index (χ1v) is 6.39. The third-order valence-electron chi connectivity index (χ3n) is 1.91. The topological polar surface area (TPSA) is 26.3 Å². The first-order valence-electron chi connectivity index (χ1n) is 5.41. The van der Waals surface area contributed by atoms with Crippen LogP contribution in [0.3, 0.4) is 0 Å². The first-order chi connectivity index (χ1) is 7.87. The summed E-state index contributed by atoms with van der Waals surface area (Å²) in [6.45, 7) is 6.24. The Bertz CT molecular complexity index is 385. The number of benzene rings is 1. The molecule has 0 N–H and O–H groups in total. The highest BCUT2D eigenvalue weighted by atomic mass is 32.2. The second kappa shape index (κ2) is 6.05. The van der Waals surface area contributed by atoms with E-state index in [1.165, 1.54) is 23.9 Å². The van der Waals surface area contributed by atoms with Gasteiger partial charge in [-0.1, -0.05) is 32.9 Å².